The van der Waals surface area contributed by atoms with Gasteiger partial charge in [0.15, 0.2) is 0 Å². The van der Waals surface area contributed by atoms with Gasteiger partial charge in [-0.2, -0.15) is 4.31 Å². The highest BCUT2D eigenvalue weighted by Gasteiger charge is 2.31. The first-order chi connectivity index (χ1) is 13.8. The van der Waals surface area contributed by atoms with Crippen LogP contribution in [0.1, 0.15) is 15.9 Å². The molecule has 29 heavy (non-hydrogen) atoms. The summed E-state index contributed by atoms with van der Waals surface area (Å²) in [6, 6.07) is 11.9. The molecule has 9 heteroatoms. The summed E-state index contributed by atoms with van der Waals surface area (Å²) in [4.78, 5) is 13.6. The molecule has 1 amide bonds. The number of nitrogens with two attached hydrogens (primary N) is 1. The lowest BCUT2D eigenvalue weighted by Crippen LogP contribution is -2.48. The maximum Gasteiger partial charge on any atom is 0.248 e. The van der Waals surface area contributed by atoms with Crippen LogP contribution in [-0.4, -0.2) is 63.9 Å². The largest absolute Gasteiger partial charge is 0.497 e. The van der Waals surface area contributed by atoms with E-state index in [1.807, 2.05) is 6.07 Å². The van der Waals surface area contributed by atoms with Gasteiger partial charge >= 0.3 is 0 Å². The van der Waals surface area contributed by atoms with Gasteiger partial charge in [0.1, 0.15) is 16.4 Å². The Balaban J connectivity index is 1.70. The van der Waals surface area contributed by atoms with Crippen molar-refractivity contribution >= 4 is 15.9 Å². The summed E-state index contributed by atoms with van der Waals surface area (Å²) in [5, 5.41) is 0. The molecule has 156 valence electrons. The number of carbonyl (C=O) groups is 1. The molecule has 1 saturated heterocycles. The van der Waals surface area contributed by atoms with Crippen LogP contribution in [0.15, 0.2) is 47.4 Å². The van der Waals surface area contributed by atoms with Crippen molar-refractivity contribution in [3.05, 3.63) is 53.6 Å². The van der Waals surface area contributed by atoms with E-state index in [1.165, 1.54) is 24.6 Å². The Morgan fingerprint density at radius 3 is 2.38 bits per heavy atom. The molecule has 1 heterocycles. The van der Waals surface area contributed by atoms with Gasteiger partial charge in [0.05, 0.1) is 14.2 Å². The van der Waals surface area contributed by atoms with Crippen molar-refractivity contribution in [1.29, 1.82) is 0 Å². The molecule has 0 unspecified atom stereocenters. The summed E-state index contributed by atoms with van der Waals surface area (Å²) in [5.74, 6) is 0.281. The van der Waals surface area contributed by atoms with E-state index in [4.69, 9.17) is 15.2 Å². The highest BCUT2D eigenvalue weighted by atomic mass is 32.2. The van der Waals surface area contributed by atoms with Crippen LogP contribution in [-0.2, 0) is 16.6 Å². The van der Waals surface area contributed by atoms with Gasteiger partial charge in [0.25, 0.3) is 0 Å². The van der Waals surface area contributed by atoms with E-state index >= 15 is 0 Å². The Morgan fingerprint density at radius 2 is 1.76 bits per heavy atom. The first-order valence-electron chi connectivity index (χ1n) is 9.18. The van der Waals surface area contributed by atoms with Crippen LogP contribution in [0.4, 0.5) is 0 Å². The topological polar surface area (TPSA) is 102 Å². The predicted octanol–water partition coefficient (Wildman–Crippen LogP) is 1.31. The number of hydrogen-bond acceptors (Lipinski definition) is 6. The summed E-state index contributed by atoms with van der Waals surface area (Å²) in [6.07, 6.45) is 0. The molecule has 2 aromatic rings. The summed E-state index contributed by atoms with van der Waals surface area (Å²) in [7, 11) is -0.777. The lowest BCUT2D eigenvalue weighted by Gasteiger charge is -2.34. The van der Waals surface area contributed by atoms with Crippen LogP contribution in [0.5, 0.6) is 11.5 Å². The summed E-state index contributed by atoms with van der Waals surface area (Å²) >= 11 is 0. The van der Waals surface area contributed by atoms with Crippen LogP contribution in [0, 0.1) is 0 Å². The quantitative estimate of drug-likeness (QED) is 0.726. The molecule has 0 aromatic heterocycles. The van der Waals surface area contributed by atoms with Gasteiger partial charge in [-0.15, -0.1) is 0 Å². The number of carbonyl (C=O) groups excluding carboxylic acids is 1. The number of primary amides is 1. The third-order valence-corrected chi connectivity index (χ3v) is 6.86. The highest BCUT2D eigenvalue weighted by molar-refractivity contribution is 7.89. The smallest absolute Gasteiger partial charge is 0.248 e. The number of amides is 1. The van der Waals surface area contributed by atoms with E-state index in [1.54, 1.807) is 30.3 Å². The third kappa shape index (κ3) is 4.69. The minimum absolute atomic E-state index is 0.0990. The molecule has 2 N–H and O–H groups in total. The minimum Gasteiger partial charge on any atom is -0.497 e. The van der Waals surface area contributed by atoms with Crippen molar-refractivity contribution in [2.75, 3.05) is 40.4 Å². The second-order valence-corrected chi connectivity index (χ2v) is 8.67. The first-order valence-corrected chi connectivity index (χ1v) is 10.6. The maximum atomic E-state index is 13.1. The molecule has 0 radical (unpaired) electrons. The number of benzene rings is 2. The number of sulfonamides is 1. The fourth-order valence-corrected chi connectivity index (χ4v) is 4.93. The van der Waals surface area contributed by atoms with Gasteiger partial charge in [0.2, 0.25) is 15.9 Å². The lowest BCUT2D eigenvalue weighted by atomic mass is 10.1. The van der Waals surface area contributed by atoms with Crippen LogP contribution < -0.4 is 15.2 Å². The number of nitrogens with zero attached hydrogens (tertiary/aromatic N) is 2. The zero-order chi connectivity index (χ0) is 21.0. The molecule has 8 nitrogen and oxygen atoms in total. The molecule has 0 spiro atoms. The molecule has 2 aromatic carbocycles. The van der Waals surface area contributed by atoms with E-state index in [-0.39, 0.29) is 10.6 Å². The molecule has 3 rings (SSSR count). The summed E-state index contributed by atoms with van der Waals surface area (Å²) < 4.78 is 38.1. The number of hydrogen-bond donors (Lipinski definition) is 1. The van der Waals surface area contributed by atoms with Crippen LogP contribution >= 0.6 is 0 Å². The van der Waals surface area contributed by atoms with Gasteiger partial charge in [-0.3, -0.25) is 9.69 Å². The molecule has 1 aliphatic heterocycles. The zero-order valence-electron chi connectivity index (χ0n) is 16.5. The van der Waals surface area contributed by atoms with Gasteiger partial charge in [-0.05, 0) is 29.8 Å². The van der Waals surface area contributed by atoms with Crippen molar-refractivity contribution in [3.8, 4) is 11.5 Å². The van der Waals surface area contributed by atoms with Crippen LogP contribution in [0.3, 0.4) is 0 Å². The van der Waals surface area contributed by atoms with Gasteiger partial charge in [0, 0.05) is 44.4 Å². The van der Waals surface area contributed by atoms with Crippen molar-refractivity contribution in [1.82, 2.24) is 9.21 Å². The number of methoxy groups -OCH3 is 2. The monoisotopic (exact) mass is 419 g/mol. The minimum atomic E-state index is -3.71. The second kappa shape index (κ2) is 8.81. The number of ether oxygens (including phenoxy) is 2. The highest BCUT2D eigenvalue weighted by Crippen LogP contribution is 2.31. The zero-order valence-corrected chi connectivity index (χ0v) is 17.3. The van der Waals surface area contributed by atoms with Crippen molar-refractivity contribution in [2.45, 2.75) is 11.4 Å². The van der Waals surface area contributed by atoms with Crippen molar-refractivity contribution in [3.63, 3.8) is 0 Å². The van der Waals surface area contributed by atoms with Gasteiger partial charge in [-0.1, -0.05) is 12.1 Å². The molecule has 1 aliphatic rings. The molecule has 0 atom stereocenters. The molecular weight excluding hydrogens is 394 g/mol. The SMILES string of the molecule is COc1ccc(OC)c(S(=O)(=O)N2CCN(Cc3cccc(C(N)=O)c3)CC2)c1. The Hall–Kier alpha value is -2.62. The first kappa shape index (κ1) is 21.1. The average molecular weight is 420 g/mol. The fraction of sp³-hybridized carbons (Fsp3) is 0.350. The Morgan fingerprint density at radius 1 is 1.03 bits per heavy atom. The van der Waals surface area contributed by atoms with E-state index in [0.717, 1.165) is 5.56 Å². The van der Waals surface area contributed by atoms with Crippen LogP contribution in [0.25, 0.3) is 0 Å². The lowest BCUT2D eigenvalue weighted by molar-refractivity contribution is 0.1000. The predicted molar refractivity (Wildman–Crippen MR) is 109 cm³/mol. The van der Waals surface area contributed by atoms with Crippen molar-refractivity contribution < 1.29 is 22.7 Å². The Bertz CT molecular complexity index is 985. The second-order valence-electron chi connectivity index (χ2n) is 6.76. The summed E-state index contributed by atoms with van der Waals surface area (Å²) in [6.45, 7) is 2.49. The maximum absolute atomic E-state index is 13.1. The molecule has 0 saturated carbocycles. The van der Waals surface area contributed by atoms with Crippen molar-refractivity contribution in [2.24, 2.45) is 5.73 Å². The molecular formula is C20H25N3O5S. The molecule has 0 aliphatic carbocycles. The van der Waals surface area contributed by atoms with Gasteiger partial charge < -0.3 is 15.2 Å². The molecule has 1 fully saturated rings. The van der Waals surface area contributed by atoms with Gasteiger partial charge in [-0.25, -0.2) is 8.42 Å². The summed E-state index contributed by atoms with van der Waals surface area (Å²) in [5.41, 5.74) is 6.77. The standard InChI is InChI=1S/C20H25N3O5S/c1-27-17-6-7-18(28-2)19(13-17)29(25,26)23-10-8-22(9-11-23)14-15-4-3-5-16(12-15)20(21)24/h3-7,12-13H,8-11,14H2,1-2H3,(H2,21,24). The van der Waals surface area contributed by atoms with E-state index in [9.17, 15) is 13.2 Å². The number of piperazine rings is 1. The van der Waals surface area contributed by atoms with E-state index in [0.29, 0.717) is 44.0 Å². The normalized spacial score (nSPS) is 15.8. The average Bonchev–Trinajstić information content (AvgIpc) is 2.73. The Labute approximate surface area is 170 Å². The van der Waals surface area contributed by atoms with E-state index < -0.39 is 15.9 Å². The molecule has 0 bridgehead atoms. The third-order valence-electron chi connectivity index (χ3n) is 4.94. The van der Waals surface area contributed by atoms with E-state index in [2.05, 4.69) is 4.90 Å². The Kier molecular flexibility index (Phi) is 6.41. The van der Waals surface area contributed by atoms with Crippen LogP contribution in [0.2, 0.25) is 0 Å². The fourth-order valence-electron chi connectivity index (χ4n) is 3.33. The number of rotatable bonds is 7.